The molecule has 6 nitrogen and oxygen atoms in total. The SMILES string of the molecule is CCCC[C@H](N)c1nc(-c2cnccn2)no1. The number of nitrogens with two attached hydrogens (primary N) is 1. The van der Waals surface area contributed by atoms with Crippen molar-refractivity contribution in [2.45, 2.75) is 32.2 Å². The second-order valence-electron chi connectivity index (χ2n) is 3.80. The third-order valence-corrected chi connectivity index (χ3v) is 2.42. The zero-order valence-electron chi connectivity index (χ0n) is 9.71. The van der Waals surface area contributed by atoms with Crippen molar-refractivity contribution in [2.24, 2.45) is 5.73 Å². The van der Waals surface area contributed by atoms with Crippen LogP contribution in [0.1, 0.15) is 38.1 Å². The number of unbranched alkanes of at least 4 members (excludes halogenated alkanes) is 1. The summed E-state index contributed by atoms with van der Waals surface area (Å²) in [5.74, 6) is 0.888. The van der Waals surface area contributed by atoms with Crippen LogP contribution in [0.25, 0.3) is 11.5 Å². The van der Waals surface area contributed by atoms with E-state index in [1.54, 1.807) is 18.6 Å². The summed E-state index contributed by atoms with van der Waals surface area (Å²) in [6, 6.07) is -0.201. The van der Waals surface area contributed by atoms with E-state index in [0.29, 0.717) is 17.4 Å². The van der Waals surface area contributed by atoms with Crippen molar-refractivity contribution in [3.05, 3.63) is 24.5 Å². The van der Waals surface area contributed by atoms with Crippen molar-refractivity contribution in [3.63, 3.8) is 0 Å². The summed E-state index contributed by atoms with van der Waals surface area (Å²) in [6.07, 6.45) is 7.76. The van der Waals surface area contributed by atoms with Crippen molar-refractivity contribution in [2.75, 3.05) is 0 Å². The normalized spacial score (nSPS) is 12.6. The molecular formula is C11H15N5O. The molecule has 0 aliphatic carbocycles. The molecule has 0 saturated heterocycles. The average molecular weight is 233 g/mol. The Hall–Kier alpha value is -1.82. The van der Waals surface area contributed by atoms with Crippen LogP contribution in [-0.4, -0.2) is 20.1 Å². The summed E-state index contributed by atoms with van der Waals surface area (Å²) in [7, 11) is 0. The van der Waals surface area contributed by atoms with Crippen LogP contribution >= 0.6 is 0 Å². The van der Waals surface area contributed by atoms with Crippen molar-refractivity contribution in [1.29, 1.82) is 0 Å². The van der Waals surface area contributed by atoms with E-state index in [0.717, 1.165) is 19.3 Å². The van der Waals surface area contributed by atoms with Crippen molar-refractivity contribution < 1.29 is 4.52 Å². The largest absolute Gasteiger partial charge is 0.337 e. The average Bonchev–Trinajstić information content (AvgIpc) is 2.86. The molecule has 90 valence electrons. The van der Waals surface area contributed by atoms with Crippen LogP contribution in [0.2, 0.25) is 0 Å². The highest BCUT2D eigenvalue weighted by molar-refractivity contribution is 5.45. The number of aromatic nitrogens is 4. The fraction of sp³-hybridized carbons (Fsp3) is 0.455. The molecule has 0 radical (unpaired) electrons. The van der Waals surface area contributed by atoms with Gasteiger partial charge in [0.15, 0.2) is 0 Å². The van der Waals surface area contributed by atoms with Crippen LogP contribution < -0.4 is 5.73 Å². The first-order valence-electron chi connectivity index (χ1n) is 5.67. The molecule has 0 fully saturated rings. The van der Waals surface area contributed by atoms with Gasteiger partial charge >= 0.3 is 0 Å². The molecule has 17 heavy (non-hydrogen) atoms. The van der Waals surface area contributed by atoms with Gasteiger partial charge in [0.2, 0.25) is 11.7 Å². The molecule has 0 aliphatic heterocycles. The summed E-state index contributed by atoms with van der Waals surface area (Å²) < 4.78 is 5.12. The van der Waals surface area contributed by atoms with Gasteiger partial charge in [0, 0.05) is 12.4 Å². The van der Waals surface area contributed by atoms with Gasteiger partial charge in [-0.1, -0.05) is 24.9 Å². The Labute approximate surface area is 99.3 Å². The van der Waals surface area contributed by atoms with Gasteiger partial charge in [-0.2, -0.15) is 4.98 Å². The van der Waals surface area contributed by atoms with E-state index in [4.69, 9.17) is 10.3 Å². The standard InChI is InChI=1S/C11H15N5O/c1-2-3-4-8(12)11-15-10(16-17-11)9-7-13-5-6-14-9/h5-8H,2-4,12H2,1H3/t8-/m0/s1. The van der Waals surface area contributed by atoms with E-state index in [9.17, 15) is 0 Å². The number of hydrogen-bond acceptors (Lipinski definition) is 6. The van der Waals surface area contributed by atoms with E-state index in [1.807, 2.05) is 0 Å². The van der Waals surface area contributed by atoms with E-state index in [-0.39, 0.29) is 6.04 Å². The Morgan fingerprint density at radius 3 is 3.00 bits per heavy atom. The van der Waals surface area contributed by atoms with Crippen LogP contribution in [-0.2, 0) is 0 Å². The number of hydrogen-bond donors (Lipinski definition) is 1. The zero-order chi connectivity index (χ0) is 12.1. The number of nitrogens with zero attached hydrogens (tertiary/aromatic N) is 4. The quantitative estimate of drug-likeness (QED) is 0.845. The first kappa shape index (κ1) is 11.7. The minimum Gasteiger partial charge on any atom is -0.337 e. The van der Waals surface area contributed by atoms with Gasteiger partial charge in [-0.3, -0.25) is 4.98 Å². The first-order chi connectivity index (χ1) is 8.31. The molecule has 1 atom stereocenters. The lowest BCUT2D eigenvalue weighted by atomic mass is 10.1. The van der Waals surface area contributed by atoms with Gasteiger partial charge in [0.1, 0.15) is 5.69 Å². The second kappa shape index (κ2) is 5.49. The maximum Gasteiger partial charge on any atom is 0.243 e. The molecule has 0 bridgehead atoms. The van der Waals surface area contributed by atoms with Gasteiger partial charge in [-0.05, 0) is 6.42 Å². The van der Waals surface area contributed by atoms with Gasteiger partial charge in [-0.15, -0.1) is 0 Å². The first-order valence-corrected chi connectivity index (χ1v) is 5.67. The van der Waals surface area contributed by atoms with Gasteiger partial charge in [-0.25, -0.2) is 4.98 Å². The van der Waals surface area contributed by atoms with Crippen LogP contribution in [0, 0.1) is 0 Å². The molecule has 6 heteroatoms. The molecular weight excluding hydrogens is 218 g/mol. The molecule has 0 saturated carbocycles. The molecule has 0 unspecified atom stereocenters. The highest BCUT2D eigenvalue weighted by Gasteiger charge is 2.15. The highest BCUT2D eigenvalue weighted by atomic mass is 16.5. The monoisotopic (exact) mass is 233 g/mol. The Morgan fingerprint density at radius 1 is 1.41 bits per heavy atom. The maximum absolute atomic E-state index is 5.94. The molecule has 0 amide bonds. The minimum absolute atomic E-state index is 0.201. The molecule has 0 aromatic carbocycles. The molecule has 0 aliphatic rings. The van der Waals surface area contributed by atoms with Crippen LogP contribution in [0.3, 0.4) is 0 Å². The smallest absolute Gasteiger partial charge is 0.243 e. The summed E-state index contributed by atoms with van der Waals surface area (Å²) in [6.45, 7) is 2.12. The Morgan fingerprint density at radius 2 is 2.29 bits per heavy atom. The third-order valence-electron chi connectivity index (χ3n) is 2.42. The van der Waals surface area contributed by atoms with Gasteiger partial charge < -0.3 is 10.3 Å². The molecule has 2 heterocycles. The zero-order valence-corrected chi connectivity index (χ0v) is 9.71. The third kappa shape index (κ3) is 2.85. The van der Waals surface area contributed by atoms with Crippen LogP contribution in [0.4, 0.5) is 0 Å². The Kier molecular flexibility index (Phi) is 3.77. The molecule has 0 spiro atoms. The minimum atomic E-state index is -0.201. The number of rotatable bonds is 5. The highest BCUT2D eigenvalue weighted by Crippen LogP contribution is 2.18. The molecule has 2 rings (SSSR count). The molecule has 2 aromatic rings. The van der Waals surface area contributed by atoms with Gasteiger partial charge in [0.05, 0.1) is 12.2 Å². The lowest BCUT2D eigenvalue weighted by Crippen LogP contribution is -2.10. The van der Waals surface area contributed by atoms with Crippen molar-refractivity contribution >= 4 is 0 Å². The van der Waals surface area contributed by atoms with Gasteiger partial charge in [0.25, 0.3) is 0 Å². The fourth-order valence-electron chi connectivity index (χ4n) is 1.45. The fourth-order valence-corrected chi connectivity index (χ4v) is 1.45. The predicted octanol–water partition coefficient (Wildman–Crippen LogP) is 1.72. The summed E-state index contributed by atoms with van der Waals surface area (Å²) in [5, 5.41) is 3.85. The summed E-state index contributed by atoms with van der Waals surface area (Å²) >= 11 is 0. The molecule has 2 N–H and O–H groups in total. The lowest BCUT2D eigenvalue weighted by Gasteiger charge is -2.03. The summed E-state index contributed by atoms with van der Waals surface area (Å²) in [4.78, 5) is 12.3. The second-order valence-corrected chi connectivity index (χ2v) is 3.80. The molecule has 2 aromatic heterocycles. The predicted molar refractivity (Wildman–Crippen MR) is 61.8 cm³/mol. The van der Waals surface area contributed by atoms with E-state index < -0.39 is 0 Å². The van der Waals surface area contributed by atoms with Crippen molar-refractivity contribution in [1.82, 2.24) is 20.1 Å². The maximum atomic E-state index is 5.94. The lowest BCUT2D eigenvalue weighted by molar-refractivity contribution is 0.346. The Bertz CT molecular complexity index is 456. The summed E-state index contributed by atoms with van der Waals surface area (Å²) in [5.41, 5.74) is 6.53. The van der Waals surface area contributed by atoms with E-state index in [1.165, 1.54) is 0 Å². The van der Waals surface area contributed by atoms with Crippen LogP contribution in [0.5, 0.6) is 0 Å². The van der Waals surface area contributed by atoms with E-state index >= 15 is 0 Å². The van der Waals surface area contributed by atoms with Crippen LogP contribution in [0.15, 0.2) is 23.1 Å². The topological polar surface area (TPSA) is 90.7 Å². The van der Waals surface area contributed by atoms with E-state index in [2.05, 4.69) is 27.0 Å². The van der Waals surface area contributed by atoms with Crippen molar-refractivity contribution in [3.8, 4) is 11.5 Å². The Balaban J connectivity index is 2.11.